The van der Waals surface area contributed by atoms with Gasteiger partial charge in [-0.05, 0) is 18.2 Å². The summed E-state index contributed by atoms with van der Waals surface area (Å²) >= 11 is 11.7. The number of anilines is 1. The number of aromatic nitrogens is 2. The van der Waals surface area contributed by atoms with Gasteiger partial charge in [0.05, 0.1) is 22.5 Å². The Hall–Kier alpha value is -2.05. The molecule has 1 amide bonds. The first-order chi connectivity index (χ1) is 9.40. The highest BCUT2D eigenvalue weighted by molar-refractivity contribution is 6.36. The van der Waals surface area contributed by atoms with Crippen molar-refractivity contribution in [2.45, 2.75) is 0 Å². The maximum atomic E-state index is 12.1. The summed E-state index contributed by atoms with van der Waals surface area (Å²) in [5.41, 5.74) is 0.0832. The van der Waals surface area contributed by atoms with Crippen LogP contribution in [0.2, 0.25) is 10.0 Å². The van der Waals surface area contributed by atoms with E-state index in [1.165, 1.54) is 25.4 Å². The molecule has 2 aromatic rings. The van der Waals surface area contributed by atoms with Crippen molar-refractivity contribution in [3.8, 4) is 0 Å². The molecule has 6 nitrogen and oxygen atoms in total. The number of rotatable bonds is 3. The summed E-state index contributed by atoms with van der Waals surface area (Å²) in [6, 6.07) is 4.56. The van der Waals surface area contributed by atoms with E-state index in [-0.39, 0.29) is 16.3 Å². The Morgan fingerprint density at radius 3 is 2.65 bits per heavy atom. The van der Waals surface area contributed by atoms with Gasteiger partial charge in [-0.3, -0.25) is 9.48 Å². The van der Waals surface area contributed by atoms with Crippen molar-refractivity contribution in [1.29, 1.82) is 0 Å². The molecule has 2 N–H and O–H groups in total. The molecule has 0 saturated heterocycles. The molecule has 104 valence electrons. The van der Waals surface area contributed by atoms with Crippen molar-refractivity contribution in [1.82, 2.24) is 9.78 Å². The third-order valence-electron chi connectivity index (χ3n) is 2.57. The van der Waals surface area contributed by atoms with E-state index in [0.717, 1.165) is 4.68 Å². The topological polar surface area (TPSA) is 84.2 Å². The first kappa shape index (κ1) is 14.4. The number of nitrogens with zero attached hydrogens (tertiary/aromatic N) is 2. The first-order valence-corrected chi connectivity index (χ1v) is 6.17. The number of aromatic carboxylic acids is 1. The zero-order chi connectivity index (χ0) is 14.9. The van der Waals surface area contributed by atoms with Crippen molar-refractivity contribution >= 4 is 40.8 Å². The second kappa shape index (κ2) is 5.52. The summed E-state index contributed by atoms with van der Waals surface area (Å²) in [6.07, 6.45) is 1.18. The van der Waals surface area contributed by atoms with E-state index in [1.807, 2.05) is 0 Å². The van der Waals surface area contributed by atoms with Crippen LogP contribution in [0.25, 0.3) is 0 Å². The van der Waals surface area contributed by atoms with Gasteiger partial charge in [-0.15, -0.1) is 0 Å². The van der Waals surface area contributed by atoms with Crippen LogP contribution in [0.15, 0.2) is 24.4 Å². The highest BCUT2D eigenvalue weighted by Gasteiger charge is 2.22. The van der Waals surface area contributed by atoms with E-state index in [9.17, 15) is 9.59 Å². The van der Waals surface area contributed by atoms with Gasteiger partial charge < -0.3 is 10.4 Å². The highest BCUT2D eigenvalue weighted by Crippen LogP contribution is 2.26. The number of benzene rings is 1. The van der Waals surface area contributed by atoms with E-state index in [1.54, 1.807) is 6.07 Å². The minimum absolute atomic E-state index is 0.0500. The second-order valence-corrected chi connectivity index (χ2v) is 4.76. The molecule has 1 heterocycles. The number of aryl methyl sites for hydroxylation is 1. The van der Waals surface area contributed by atoms with Crippen molar-refractivity contribution < 1.29 is 14.7 Å². The smallest absolute Gasteiger partial charge is 0.354 e. The van der Waals surface area contributed by atoms with Crippen LogP contribution in [0.5, 0.6) is 0 Å². The van der Waals surface area contributed by atoms with E-state index >= 15 is 0 Å². The fourth-order valence-corrected chi connectivity index (χ4v) is 2.09. The van der Waals surface area contributed by atoms with E-state index in [4.69, 9.17) is 28.3 Å². The molecule has 0 radical (unpaired) electrons. The van der Waals surface area contributed by atoms with Crippen LogP contribution in [0.1, 0.15) is 20.8 Å². The number of carbonyl (C=O) groups is 2. The summed E-state index contributed by atoms with van der Waals surface area (Å²) in [5, 5.41) is 16.0. The van der Waals surface area contributed by atoms with Crippen molar-refractivity contribution in [2.75, 3.05) is 5.32 Å². The minimum Gasteiger partial charge on any atom is -0.477 e. The number of nitrogens with one attached hydrogen (secondary N) is 1. The molecule has 0 fully saturated rings. The van der Waals surface area contributed by atoms with Crippen LogP contribution in [0.3, 0.4) is 0 Å². The summed E-state index contributed by atoms with van der Waals surface area (Å²) in [6.45, 7) is 0. The lowest BCUT2D eigenvalue weighted by atomic mass is 10.2. The quantitative estimate of drug-likeness (QED) is 0.912. The van der Waals surface area contributed by atoms with Crippen LogP contribution in [0, 0.1) is 0 Å². The molecule has 20 heavy (non-hydrogen) atoms. The molecule has 0 bridgehead atoms. The van der Waals surface area contributed by atoms with E-state index in [2.05, 4.69) is 10.4 Å². The molecule has 1 aromatic carbocycles. The maximum Gasteiger partial charge on any atom is 0.354 e. The average molecular weight is 314 g/mol. The highest BCUT2D eigenvalue weighted by atomic mass is 35.5. The summed E-state index contributed by atoms with van der Waals surface area (Å²) in [4.78, 5) is 23.2. The largest absolute Gasteiger partial charge is 0.477 e. The minimum atomic E-state index is -1.24. The zero-order valence-corrected chi connectivity index (χ0v) is 11.7. The van der Waals surface area contributed by atoms with Gasteiger partial charge in [0.15, 0.2) is 5.69 Å². The summed E-state index contributed by atoms with van der Waals surface area (Å²) in [7, 11) is 1.44. The SMILES string of the molecule is Cn1ncc(C(=O)Nc2ccc(Cl)cc2Cl)c1C(=O)O. The number of halogens is 2. The fourth-order valence-electron chi connectivity index (χ4n) is 1.64. The second-order valence-electron chi connectivity index (χ2n) is 3.91. The molecule has 8 heteroatoms. The van der Waals surface area contributed by atoms with E-state index < -0.39 is 11.9 Å². The Kier molecular flexibility index (Phi) is 3.96. The van der Waals surface area contributed by atoms with Crippen molar-refractivity contribution in [3.05, 3.63) is 45.7 Å². The Morgan fingerprint density at radius 1 is 1.35 bits per heavy atom. The lowest BCUT2D eigenvalue weighted by Gasteiger charge is -2.07. The van der Waals surface area contributed by atoms with E-state index in [0.29, 0.717) is 10.7 Å². The maximum absolute atomic E-state index is 12.1. The number of amides is 1. The van der Waals surface area contributed by atoms with Crippen LogP contribution < -0.4 is 5.32 Å². The molecule has 0 unspecified atom stereocenters. The number of carbonyl (C=O) groups excluding carboxylic acids is 1. The molecule has 1 aromatic heterocycles. The third kappa shape index (κ3) is 2.76. The number of carboxylic acid groups (broad SMARTS) is 1. The third-order valence-corrected chi connectivity index (χ3v) is 3.11. The molecule has 0 aliphatic rings. The van der Waals surface area contributed by atoms with Crippen molar-refractivity contribution in [2.24, 2.45) is 7.05 Å². The first-order valence-electron chi connectivity index (χ1n) is 5.42. The molecule has 0 aliphatic heterocycles. The molecular formula is C12H9Cl2N3O3. The van der Waals surface area contributed by atoms with Gasteiger partial charge in [0, 0.05) is 12.1 Å². The van der Waals surface area contributed by atoms with Crippen molar-refractivity contribution in [3.63, 3.8) is 0 Å². The monoisotopic (exact) mass is 313 g/mol. The predicted octanol–water partition coefficient (Wildman–Crippen LogP) is 2.68. The Balaban J connectivity index is 2.31. The molecule has 0 saturated carbocycles. The molecule has 0 atom stereocenters. The van der Waals surface area contributed by atoms with Gasteiger partial charge in [-0.25, -0.2) is 4.79 Å². The van der Waals surface area contributed by atoms with Gasteiger partial charge in [0.1, 0.15) is 0 Å². The number of carboxylic acids is 1. The predicted molar refractivity (Wildman–Crippen MR) is 74.6 cm³/mol. The van der Waals surface area contributed by atoms with Gasteiger partial charge in [-0.2, -0.15) is 5.10 Å². The van der Waals surface area contributed by atoms with Gasteiger partial charge in [0.25, 0.3) is 5.91 Å². The van der Waals surface area contributed by atoms with Gasteiger partial charge in [-0.1, -0.05) is 23.2 Å². The van der Waals surface area contributed by atoms with Gasteiger partial charge in [0.2, 0.25) is 0 Å². The fraction of sp³-hybridized carbons (Fsp3) is 0.0833. The Bertz CT molecular complexity index is 697. The number of hydrogen-bond donors (Lipinski definition) is 2. The average Bonchev–Trinajstić information content (AvgIpc) is 2.74. The summed E-state index contributed by atoms with van der Waals surface area (Å²) in [5.74, 6) is -1.85. The molecule has 2 rings (SSSR count). The van der Waals surface area contributed by atoms with Crippen LogP contribution in [0.4, 0.5) is 5.69 Å². The standard InChI is InChI=1S/C12H9Cl2N3O3/c1-17-10(12(19)20)7(5-15-17)11(18)16-9-3-2-6(13)4-8(9)14/h2-5H,1H3,(H,16,18)(H,19,20). The summed E-state index contributed by atoms with van der Waals surface area (Å²) < 4.78 is 1.11. The normalized spacial score (nSPS) is 10.3. The molecule has 0 spiro atoms. The molecular weight excluding hydrogens is 305 g/mol. The number of hydrogen-bond acceptors (Lipinski definition) is 3. The van der Waals surface area contributed by atoms with Gasteiger partial charge >= 0.3 is 5.97 Å². The van der Waals surface area contributed by atoms with Crippen LogP contribution >= 0.6 is 23.2 Å². The molecule has 0 aliphatic carbocycles. The zero-order valence-electron chi connectivity index (χ0n) is 10.2. The lowest BCUT2D eigenvalue weighted by Crippen LogP contribution is -2.17. The van der Waals surface area contributed by atoms with Crippen LogP contribution in [-0.4, -0.2) is 26.8 Å². The Morgan fingerprint density at radius 2 is 2.05 bits per heavy atom. The lowest BCUT2D eigenvalue weighted by molar-refractivity contribution is 0.0680. The Labute approximate surface area is 123 Å². The van der Waals surface area contributed by atoms with Crippen LogP contribution in [-0.2, 0) is 7.05 Å².